The molecule has 1 atom stereocenters. The molecule has 1 amide bonds. The normalized spacial score (nSPS) is 12.4. The number of benzene rings is 1. The minimum atomic E-state index is -4.38. The van der Waals surface area contributed by atoms with Crippen LogP contribution in [-0.4, -0.2) is 39.0 Å². The van der Waals surface area contributed by atoms with Gasteiger partial charge in [0.15, 0.2) is 0 Å². The zero-order valence-electron chi connectivity index (χ0n) is 18.6. The summed E-state index contributed by atoms with van der Waals surface area (Å²) < 4.78 is 39.3. The van der Waals surface area contributed by atoms with Crippen LogP contribution in [-0.2, 0) is 6.18 Å². The average Bonchev–Trinajstić information content (AvgIpc) is 3.31. The van der Waals surface area contributed by atoms with E-state index in [9.17, 15) is 18.0 Å². The van der Waals surface area contributed by atoms with Gasteiger partial charge >= 0.3 is 6.18 Å². The molecule has 0 bridgehead atoms. The molecule has 0 fully saturated rings. The van der Waals surface area contributed by atoms with Crippen molar-refractivity contribution in [2.24, 2.45) is 5.92 Å². The lowest BCUT2D eigenvalue weighted by Gasteiger charge is -2.14. The summed E-state index contributed by atoms with van der Waals surface area (Å²) >= 11 is 0. The number of anilines is 1. The molecule has 176 valence electrons. The highest BCUT2D eigenvalue weighted by Crippen LogP contribution is 2.28. The lowest BCUT2D eigenvalue weighted by atomic mass is 10.0. The van der Waals surface area contributed by atoms with Crippen LogP contribution >= 0.6 is 0 Å². The van der Waals surface area contributed by atoms with Gasteiger partial charge < -0.3 is 10.6 Å². The van der Waals surface area contributed by atoms with E-state index >= 15 is 0 Å². The second-order valence-electron chi connectivity index (χ2n) is 8.02. The van der Waals surface area contributed by atoms with Gasteiger partial charge in [0.05, 0.1) is 29.2 Å². The van der Waals surface area contributed by atoms with E-state index < -0.39 is 11.7 Å². The largest absolute Gasteiger partial charge is 0.417 e. The smallest absolute Gasteiger partial charge is 0.370 e. The van der Waals surface area contributed by atoms with E-state index in [-0.39, 0.29) is 5.91 Å². The molecule has 10 heteroatoms. The van der Waals surface area contributed by atoms with Crippen molar-refractivity contribution in [2.45, 2.75) is 39.3 Å². The molecule has 1 aromatic carbocycles. The maximum absolute atomic E-state index is 12.7. The number of carbonyl (C=O) groups excluding carboxylic acids is 1. The molecule has 1 unspecified atom stereocenters. The van der Waals surface area contributed by atoms with Gasteiger partial charge in [-0.25, -0.2) is 9.67 Å². The van der Waals surface area contributed by atoms with Gasteiger partial charge in [0.2, 0.25) is 0 Å². The Morgan fingerprint density at radius 2 is 1.97 bits per heavy atom. The second kappa shape index (κ2) is 10.9. The van der Waals surface area contributed by atoms with Crippen LogP contribution in [0.1, 0.15) is 47.7 Å². The highest BCUT2D eigenvalue weighted by atomic mass is 19.4. The molecule has 2 N–H and O–H groups in total. The van der Waals surface area contributed by atoms with Gasteiger partial charge in [-0.2, -0.15) is 13.2 Å². The molecule has 2 heterocycles. The maximum Gasteiger partial charge on any atom is 0.417 e. The summed E-state index contributed by atoms with van der Waals surface area (Å²) in [6.45, 7) is 5.18. The summed E-state index contributed by atoms with van der Waals surface area (Å²) in [6.07, 6.45) is 2.26. The van der Waals surface area contributed by atoms with Gasteiger partial charge in [-0.3, -0.25) is 4.79 Å². The molecule has 7 nitrogen and oxygen atoms in total. The first-order valence-electron chi connectivity index (χ1n) is 10.8. The van der Waals surface area contributed by atoms with Crippen LogP contribution in [0.2, 0.25) is 0 Å². The van der Waals surface area contributed by atoms with E-state index in [2.05, 4.69) is 32.9 Å². The number of hydrogen-bond acceptors (Lipinski definition) is 5. The fourth-order valence-electron chi connectivity index (χ4n) is 3.37. The molecule has 0 saturated carbocycles. The Kier molecular flexibility index (Phi) is 8.02. The van der Waals surface area contributed by atoms with Crippen LogP contribution in [0, 0.1) is 12.8 Å². The molecule has 3 rings (SSSR count). The highest BCUT2D eigenvalue weighted by molar-refractivity contribution is 5.97. The number of hydrogen-bond donors (Lipinski definition) is 2. The molecule has 0 aliphatic rings. The van der Waals surface area contributed by atoms with E-state index in [1.54, 1.807) is 17.1 Å². The number of amides is 1. The molecule has 0 aliphatic carbocycles. The average molecular weight is 461 g/mol. The van der Waals surface area contributed by atoms with Crippen LogP contribution in [0.3, 0.4) is 0 Å². The third-order valence-corrected chi connectivity index (χ3v) is 5.26. The molecule has 0 radical (unpaired) electrons. The van der Waals surface area contributed by atoms with Crippen molar-refractivity contribution in [3.05, 3.63) is 65.6 Å². The Bertz CT molecular complexity index is 1040. The van der Waals surface area contributed by atoms with Crippen LogP contribution in [0.5, 0.6) is 0 Å². The Labute approximate surface area is 190 Å². The minimum Gasteiger partial charge on any atom is -0.370 e. The van der Waals surface area contributed by atoms with Crippen molar-refractivity contribution in [2.75, 3.05) is 18.4 Å². The van der Waals surface area contributed by atoms with Gasteiger partial charge in [0.1, 0.15) is 5.82 Å². The van der Waals surface area contributed by atoms with Crippen molar-refractivity contribution in [1.82, 2.24) is 25.3 Å². The lowest BCUT2D eigenvalue weighted by molar-refractivity contribution is -0.137. The van der Waals surface area contributed by atoms with Crippen molar-refractivity contribution >= 4 is 11.7 Å². The summed E-state index contributed by atoms with van der Waals surface area (Å²) in [5.74, 6) is 0.643. The number of pyridine rings is 1. The van der Waals surface area contributed by atoms with Gasteiger partial charge in [0, 0.05) is 19.3 Å². The van der Waals surface area contributed by atoms with Crippen molar-refractivity contribution in [3.63, 3.8) is 0 Å². The summed E-state index contributed by atoms with van der Waals surface area (Å²) in [7, 11) is 0. The Morgan fingerprint density at radius 3 is 2.64 bits per heavy atom. The Morgan fingerprint density at radius 1 is 1.15 bits per heavy atom. The van der Waals surface area contributed by atoms with Crippen LogP contribution in [0.25, 0.3) is 5.69 Å². The highest BCUT2D eigenvalue weighted by Gasteiger charge is 2.30. The summed E-state index contributed by atoms with van der Waals surface area (Å²) in [5.41, 5.74) is 1.43. The minimum absolute atomic E-state index is 0.160. The SMILES string of the molecule is Cc1ccc(-n2ccnn2)c(C(=O)NCCCC(C)CCNc2ccc(C(F)(F)F)cn2)c1. The van der Waals surface area contributed by atoms with Gasteiger partial charge in [0.25, 0.3) is 5.91 Å². The quantitative estimate of drug-likeness (QED) is 0.431. The number of alkyl halides is 3. The molecule has 33 heavy (non-hydrogen) atoms. The first kappa shape index (κ1) is 24.2. The number of halogens is 3. The molecule has 0 saturated heterocycles. The third kappa shape index (κ3) is 7.03. The monoisotopic (exact) mass is 460 g/mol. The molecular formula is C23H27F3N6O. The summed E-state index contributed by atoms with van der Waals surface area (Å²) in [6, 6.07) is 7.95. The standard InChI is InChI=1S/C23H27F3N6O/c1-16(9-11-27-21-8-6-18(15-29-21)23(24,25)26)4-3-10-28-22(33)19-14-17(2)5-7-20(19)32-13-12-30-31-32/h5-8,12-16H,3-4,9-11H2,1-2H3,(H,27,29)(H,28,33). The van der Waals surface area contributed by atoms with Crippen molar-refractivity contribution in [3.8, 4) is 5.69 Å². The summed E-state index contributed by atoms with van der Waals surface area (Å²) in [4.78, 5) is 16.5. The zero-order valence-corrected chi connectivity index (χ0v) is 18.6. The predicted molar refractivity (Wildman–Crippen MR) is 119 cm³/mol. The number of aryl methyl sites for hydroxylation is 1. The maximum atomic E-state index is 12.7. The topological polar surface area (TPSA) is 84.7 Å². The number of rotatable bonds is 10. The van der Waals surface area contributed by atoms with Gasteiger partial charge in [-0.15, -0.1) is 5.10 Å². The first-order valence-corrected chi connectivity index (χ1v) is 10.8. The van der Waals surface area contributed by atoms with Gasteiger partial charge in [-0.05, 0) is 56.4 Å². The Balaban J connectivity index is 1.39. The molecule has 0 aliphatic heterocycles. The fraction of sp³-hybridized carbons (Fsp3) is 0.391. The number of aromatic nitrogens is 4. The van der Waals surface area contributed by atoms with Crippen molar-refractivity contribution in [1.29, 1.82) is 0 Å². The zero-order chi connectivity index (χ0) is 23.8. The number of nitrogens with zero attached hydrogens (tertiary/aromatic N) is 4. The van der Waals surface area contributed by atoms with E-state index in [1.165, 1.54) is 6.07 Å². The molecule has 2 aromatic heterocycles. The first-order chi connectivity index (χ1) is 15.7. The van der Waals surface area contributed by atoms with E-state index in [0.29, 0.717) is 36.1 Å². The molecule has 3 aromatic rings. The third-order valence-electron chi connectivity index (χ3n) is 5.26. The second-order valence-corrected chi connectivity index (χ2v) is 8.02. The Hall–Kier alpha value is -3.43. The fourth-order valence-corrected chi connectivity index (χ4v) is 3.37. The van der Waals surface area contributed by atoms with Crippen molar-refractivity contribution < 1.29 is 18.0 Å². The number of carbonyl (C=O) groups is 1. The van der Waals surface area contributed by atoms with Crippen LogP contribution in [0.4, 0.5) is 19.0 Å². The summed E-state index contributed by atoms with van der Waals surface area (Å²) in [5, 5.41) is 13.8. The molecule has 0 spiro atoms. The number of nitrogens with one attached hydrogen (secondary N) is 2. The van der Waals surface area contributed by atoms with E-state index in [0.717, 1.165) is 37.1 Å². The molecular weight excluding hydrogens is 433 g/mol. The van der Waals surface area contributed by atoms with Crippen LogP contribution < -0.4 is 10.6 Å². The predicted octanol–water partition coefficient (Wildman–Crippen LogP) is 4.64. The van der Waals surface area contributed by atoms with E-state index in [4.69, 9.17) is 0 Å². The lowest BCUT2D eigenvalue weighted by Crippen LogP contribution is -2.26. The van der Waals surface area contributed by atoms with Gasteiger partial charge in [-0.1, -0.05) is 23.8 Å². The van der Waals surface area contributed by atoms with Crippen LogP contribution in [0.15, 0.2) is 48.9 Å². The van der Waals surface area contributed by atoms with E-state index in [1.807, 2.05) is 25.1 Å².